The van der Waals surface area contributed by atoms with Gasteiger partial charge in [-0.3, -0.25) is 4.79 Å². The zero-order valence-electron chi connectivity index (χ0n) is 18.9. The normalized spacial score (nSPS) is 51.6. The lowest BCUT2D eigenvalue weighted by molar-refractivity contribution is -0.234. The molecule has 0 aromatic heterocycles. The molecule has 5 nitrogen and oxygen atoms in total. The Labute approximate surface area is 180 Å². The Balaban J connectivity index is 1.29. The van der Waals surface area contributed by atoms with Crippen LogP contribution in [0.4, 0.5) is 0 Å². The third-order valence-corrected chi connectivity index (χ3v) is 10.7. The second-order valence-electron chi connectivity index (χ2n) is 11.8. The van der Waals surface area contributed by atoms with Crippen molar-refractivity contribution in [3.8, 4) is 0 Å². The maximum atomic E-state index is 13.9. The average molecular weight is 419 g/mol. The molecular formula is C25H38O5. The van der Waals surface area contributed by atoms with E-state index in [1.807, 2.05) is 0 Å². The van der Waals surface area contributed by atoms with Crippen LogP contribution in [-0.2, 0) is 23.7 Å². The first-order valence-electron chi connectivity index (χ1n) is 12.4. The molecule has 5 heteroatoms. The van der Waals surface area contributed by atoms with Crippen LogP contribution >= 0.6 is 0 Å². The fourth-order valence-electron chi connectivity index (χ4n) is 9.36. The Bertz CT molecular complexity index is 723. The van der Waals surface area contributed by atoms with Crippen molar-refractivity contribution in [1.29, 1.82) is 0 Å². The van der Waals surface area contributed by atoms with Crippen LogP contribution in [0.15, 0.2) is 0 Å². The van der Waals surface area contributed by atoms with Crippen LogP contribution in [0, 0.1) is 40.4 Å². The standard InChI is InChI=1S/C25H38O5/c1-22-8-9-25(29-12-13-30-25)14-16(22)4-5-17-18-6-7-20(24(3)27-10-11-28-24)23(18,2)15-19(26)21(17)22/h16-18,20-21H,4-15H2,1-3H3/t16-,17-,18-,20-,21+,22+,23+/m1/s1. The van der Waals surface area contributed by atoms with Crippen molar-refractivity contribution in [1.82, 2.24) is 0 Å². The van der Waals surface area contributed by atoms with Gasteiger partial charge >= 0.3 is 0 Å². The van der Waals surface area contributed by atoms with Crippen molar-refractivity contribution in [3.05, 3.63) is 0 Å². The van der Waals surface area contributed by atoms with Crippen molar-refractivity contribution in [2.24, 2.45) is 40.4 Å². The molecule has 0 amide bonds. The summed E-state index contributed by atoms with van der Waals surface area (Å²) in [6, 6.07) is 0. The van der Waals surface area contributed by atoms with Gasteiger partial charge in [-0.1, -0.05) is 13.8 Å². The Morgan fingerprint density at radius 2 is 1.50 bits per heavy atom. The van der Waals surface area contributed by atoms with Crippen molar-refractivity contribution in [3.63, 3.8) is 0 Å². The maximum Gasteiger partial charge on any atom is 0.169 e. The van der Waals surface area contributed by atoms with Gasteiger partial charge in [-0.05, 0) is 67.6 Å². The van der Waals surface area contributed by atoms with Gasteiger partial charge in [0, 0.05) is 31.1 Å². The molecule has 0 aromatic rings. The van der Waals surface area contributed by atoms with E-state index in [9.17, 15) is 4.79 Å². The molecule has 0 N–H and O–H groups in total. The SMILES string of the molecule is CC1([C@@H]2CC[C@@H]3[C@H]4CC[C@@H]5CC6(CC[C@]5(C)[C@@H]4C(=O)C[C@@]32C)OCCO6)OCCO1. The molecule has 0 bridgehead atoms. The zero-order valence-corrected chi connectivity index (χ0v) is 18.9. The van der Waals surface area contributed by atoms with Crippen molar-refractivity contribution >= 4 is 5.78 Å². The van der Waals surface area contributed by atoms with Gasteiger partial charge in [0.1, 0.15) is 5.78 Å². The molecule has 6 rings (SSSR count). The van der Waals surface area contributed by atoms with Crippen LogP contribution in [0.3, 0.4) is 0 Å². The largest absolute Gasteiger partial charge is 0.348 e. The highest BCUT2D eigenvalue weighted by atomic mass is 16.7. The first-order valence-corrected chi connectivity index (χ1v) is 12.4. The minimum atomic E-state index is -0.508. The van der Waals surface area contributed by atoms with E-state index in [1.54, 1.807) is 0 Å². The van der Waals surface area contributed by atoms with Gasteiger partial charge in [0.05, 0.1) is 26.4 Å². The summed E-state index contributed by atoms with van der Waals surface area (Å²) in [5.74, 6) is 1.86. The van der Waals surface area contributed by atoms with Crippen molar-refractivity contribution < 1.29 is 23.7 Å². The molecule has 4 saturated carbocycles. The first-order chi connectivity index (χ1) is 14.3. The Morgan fingerprint density at radius 3 is 2.23 bits per heavy atom. The highest BCUT2D eigenvalue weighted by Crippen LogP contribution is 2.68. The monoisotopic (exact) mass is 418 g/mol. The summed E-state index contributed by atoms with van der Waals surface area (Å²) in [5.41, 5.74) is 0.109. The number of Topliss-reactive ketones (excluding diaryl/α,β-unsaturated/α-hetero) is 1. The molecule has 0 radical (unpaired) electrons. The fraction of sp³-hybridized carbons (Fsp3) is 0.960. The summed E-state index contributed by atoms with van der Waals surface area (Å²) in [6.07, 6.45) is 8.41. The van der Waals surface area contributed by atoms with Crippen LogP contribution in [0.25, 0.3) is 0 Å². The van der Waals surface area contributed by atoms with E-state index in [0.717, 1.165) is 38.9 Å². The zero-order chi connectivity index (χ0) is 20.8. The molecule has 7 atom stereocenters. The maximum absolute atomic E-state index is 13.9. The fourth-order valence-corrected chi connectivity index (χ4v) is 9.36. The highest BCUT2D eigenvalue weighted by Gasteiger charge is 2.67. The van der Waals surface area contributed by atoms with Crippen LogP contribution in [0.5, 0.6) is 0 Å². The molecule has 1 spiro atoms. The summed E-state index contributed by atoms with van der Waals surface area (Å²) >= 11 is 0. The molecule has 4 aliphatic carbocycles. The highest BCUT2D eigenvalue weighted by molar-refractivity contribution is 5.84. The summed E-state index contributed by atoms with van der Waals surface area (Å²) in [5, 5.41) is 0. The van der Waals surface area contributed by atoms with Gasteiger partial charge in [-0.15, -0.1) is 0 Å². The number of rotatable bonds is 1. The number of ether oxygens (including phenoxy) is 4. The lowest BCUT2D eigenvalue weighted by atomic mass is 9.44. The Hall–Kier alpha value is -0.490. The summed E-state index contributed by atoms with van der Waals surface area (Å²) in [6.45, 7) is 9.73. The quantitative estimate of drug-likeness (QED) is 0.634. The lowest BCUT2D eigenvalue weighted by Gasteiger charge is -2.61. The van der Waals surface area contributed by atoms with Crippen LogP contribution < -0.4 is 0 Å². The third kappa shape index (κ3) is 2.58. The minimum absolute atomic E-state index is 0.00804. The Kier molecular flexibility index (Phi) is 4.38. The van der Waals surface area contributed by atoms with Gasteiger partial charge in [-0.25, -0.2) is 0 Å². The predicted octanol–water partition coefficient (Wildman–Crippen LogP) is 4.33. The van der Waals surface area contributed by atoms with E-state index in [-0.39, 0.29) is 22.5 Å². The molecule has 0 aromatic carbocycles. The van der Waals surface area contributed by atoms with Gasteiger partial charge in [-0.2, -0.15) is 0 Å². The van der Waals surface area contributed by atoms with E-state index in [1.165, 1.54) is 19.3 Å². The van der Waals surface area contributed by atoms with E-state index in [4.69, 9.17) is 18.9 Å². The molecule has 6 aliphatic rings. The third-order valence-electron chi connectivity index (χ3n) is 10.7. The van der Waals surface area contributed by atoms with Crippen molar-refractivity contribution in [2.45, 2.75) is 83.7 Å². The molecule has 6 fully saturated rings. The smallest absolute Gasteiger partial charge is 0.169 e. The molecule has 2 aliphatic heterocycles. The summed E-state index contributed by atoms with van der Waals surface area (Å²) in [7, 11) is 0. The average Bonchev–Trinajstić information content (AvgIpc) is 3.41. The van der Waals surface area contributed by atoms with E-state index in [0.29, 0.717) is 49.1 Å². The van der Waals surface area contributed by atoms with Gasteiger partial charge in [0.15, 0.2) is 11.6 Å². The molecule has 0 unspecified atom stereocenters. The lowest BCUT2D eigenvalue weighted by Crippen LogP contribution is -2.60. The number of carbonyl (C=O) groups excluding carboxylic acids is 1. The minimum Gasteiger partial charge on any atom is -0.348 e. The second-order valence-corrected chi connectivity index (χ2v) is 11.8. The van der Waals surface area contributed by atoms with E-state index >= 15 is 0 Å². The number of fused-ring (bicyclic) bond motifs is 5. The van der Waals surface area contributed by atoms with E-state index < -0.39 is 5.79 Å². The van der Waals surface area contributed by atoms with Crippen molar-refractivity contribution in [2.75, 3.05) is 26.4 Å². The first kappa shape index (κ1) is 20.1. The van der Waals surface area contributed by atoms with E-state index in [2.05, 4.69) is 20.8 Å². The van der Waals surface area contributed by atoms with Crippen LogP contribution in [0.2, 0.25) is 0 Å². The number of hydrogen-bond donors (Lipinski definition) is 0. The number of hydrogen-bond acceptors (Lipinski definition) is 5. The van der Waals surface area contributed by atoms with Gasteiger partial charge < -0.3 is 18.9 Å². The Morgan fingerprint density at radius 1 is 0.800 bits per heavy atom. The number of carbonyl (C=O) groups is 1. The predicted molar refractivity (Wildman–Crippen MR) is 111 cm³/mol. The molecule has 30 heavy (non-hydrogen) atoms. The topological polar surface area (TPSA) is 54.0 Å². The van der Waals surface area contributed by atoms with Crippen LogP contribution in [-0.4, -0.2) is 43.8 Å². The van der Waals surface area contributed by atoms with Gasteiger partial charge in [0.2, 0.25) is 0 Å². The molecular weight excluding hydrogens is 380 g/mol. The summed E-state index contributed by atoms with van der Waals surface area (Å²) in [4.78, 5) is 13.9. The van der Waals surface area contributed by atoms with Crippen LogP contribution in [0.1, 0.15) is 72.1 Å². The summed E-state index contributed by atoms with van der Waals surface area (Å²) < 4.78 is 24.4. The number of ketones is 1. The van der Waals surface area contributed by atoms with Gasteiger partial charge in [0.25, 0.3) is 0 Å². The molecule has 2 heterocycles. The second kappa shape index (κ2) is 6.52. The molecule has 168 valence electrons. The molecule has 2 saturated heterocycles.